The van der Waals surface area contributed by atoms with Crippen molar-refractivity contribution in [1.82, 2.24) is 5.32 Å². The lowest BCUT2D eigenvalue weighted by Crippen LogP contribution is -2.26. The van der Waals surface area contributed by atoms with E-state index in [4.69, 9.17) is 5.73 Å². The molecule has 1 aromatic rings. The number of carbonyl (C=O) groups excluding carboxylic acids is 1. The first-order valence-corrected chi connectivity index (χ1v) is 7.27. The van der Waals surface area contributed by atoms with E-state index in [0.717, 1.165) is 24.4 Å². The van der Waals surface area contributed by atoms with E-state index in [1.165, 1.54) is 6.42 Å². The minimum atomic E-state index is -0.0504. The zero-order chi connectivity index (χ0) is 15.1. The normalized spacial score (nSPS) is 10.7. The van der Waals surface area contributed by atoms with E-state index < -0.39 is 0 Å². The van der Waals surface area contributed by atoms with Gasteiger partial charge in [0.1, 0.15) is 0 Å². The molecule has 1 amide bonds. The Labute approximate surface area is 122 Å². The van der Waals surface area contributed by atoms with Crippen molar-refractivity contribution < 1.29 is 4.79 Å². The third-order valence-electron chi connectivity index (χ3n) is 3.24. The van der Waals surface area contributed by atoms with Crippen molar-refractivity contribution in [3.8, 4) is 0 Å². The molecule has 0 fully saturated rings. The molecule has 0 aliphatic rings. The zero-order valence-electron chi connectivity index (χ0n) is 13.1. The molecule has 4 heteroatoms. The van der Waals surface area contributed by atoms with Crippen LogP contribution in [0.5, 0.6) is 0 Å². The zero-order valence-corrected chi connectivity index (χ0v) is 13.1. The van der Waals surface area contributed by atoms with Gasteiger partial charge >= 0.3 is 0 Å². The van der Waals surface area contributed by atoms with E-state index in [-0.39, 0.29) is 5.91 Å². The predicted octanol–water partition coefficient (Wildman–Crippen LogP) is 2.89. The average molecular weight is 277 g/mol. The summed E-state index contributed by atoms with van der Waals surface area (Å²) in [5.74, 6) is 0.672. The molecule has 0 atom stereocenters. The summed E-state index contributed by atoms with van der Waals surface area (Å²) in [4.78, 5) is 14.1. The van der Waals surface area contributed by atoms with Gasteiger partial charge in [-0.2, -0.15) is 0 Å². The van der Waals surface area contributed by atoms with Crippen molar-refractivity contribution in [3.63, 3.8) is 0 Å². The Bertz CT molecular complexity index is 441. The number of anilines is 2. The fourth-order valence-electron chi connectivity index (χ4n) is 2.10. The van der Waals surface area contributed by atoms with Crippen LogP contribution in [0, 0.1) is 5.92 Å². The Morgan fingerprint density at radius 3 is 2.60 bits per heavy atom. The Hall–Kier alpha value is -1.71. The molecule has 0 unspecified atom stereocenters. The van der Waals surface area contributed by atoms with Crippen LogP contribution in [0.25, 0.3) is 0 Å². The summed E-state index contributed by atoms with van der Waals surface area (Å²) < 4.78 is 0. The molecule has 0 aliphatic heterocycles. The van der Waals surface area contributed by atoms with Crippen molar-refractivity contribution in [2.45, 2.75) is 33.1 Å². The number of nitrogens with one attached hydrogen (secondary N) is 1. The maximum Gasteiger partial charge on any atom is 0.253 e. The number of benzene rings is 1. The van der Waals surface area contributed by atoms with Crippen LogP contribution < -0.4 is 16.0 Å². The maximum absolute atomic E-state index is 12.2. The van der Waals surface area contributed by atoms with Crippen molar-refractivity contribution in [2.24, 2.45) is 5.92 Å². The van der Waals surface area contributed by atoms with Crippen LogP contribution in [-0.4, -0.2) is 26.5 Å². The first-order valence-electron chi connectivity index (χ1n) is 7.27. The molecule has 0 heterocycles. The molecule has 0 spiro atoms. The standard InChI is InChI=1S/C16H27N3O/c1-12(2)7-5-6-10-18-16(20)14-11-13(17)8-9-15(14)19(3)4/h8-9,11-12H,5-7,10,17H2,1-4H3,(H,18,20). The largest absolute Gasteiger partial charge is 0.399 e. The molecular weight excluding hydrogens is 250 g/mol. The molecule has 0 aromatic heterocycles. The number of rotatable bonds is 7. The molecule has 3 N–H and O–H groups in total. The number of hydrogen-bond donors (Lipinski definition) is 2. The fourth-order valence-corrected chi connectivity index (χ4v) is 2.10. The molecule has 1 rings (SSSR count). The number of nitrogen functional groups attached to an aromatic ring is 1. The first-order chi connectivity index (χ1) is 9.41. The summed E-state index contributed by atoms with van der Waals surface area (Å²) in [6.07, 6.45) is 3.37. The third kappa shape index (κ3) is 5.11. The monoisotopic (exact) mass is 277 g/mol. The van der Waals surface area contributed by atoms with Gasteiger partial charge in [0.05, 0.1) is 5.56 Å². The predicted molar refractivity (Wildman–Crippen MR) is 86.2 cm³/mol. The second kappa shape index (κ2) is 7.78. The van der Waals surface area contributed by atoms with Gasteiger partial charge in [0, 0.05) is 32.0 Å². The van der Waals surface area contributed by atoms with Crippen LogP contribution in [0.3, 0.4) is 0 Å². The number of amides is 1. The van der Waals surface area contributed by atoms with Gasteiger partial charge in [-0.3, -0.25) is 4.79 Å². The van der Waals surface area contributed by atoms with Crippen LogP contribution in [-0.2, 0) is 0 Å². The summed E-state index contributed by atoms with van der Waals surface area (Å²) in [5.41, 5.74) is 7.91. The second-order valence-corrected chi connectivity index (χ2v) is 5.82. The van der Waals surface area contributed by atoms with E-state index in [1.54, 1.807) is 6.07 Å². The minimum absolute atomic E-state index is 0.0504. The van der Waals surface area contributed by atoms with Gasteiger partial charge in [-0.15, -0.1) is 0 Å². The average Bonchev–Trinajstić information content (AvgIpc) is 2.37. The van der Waals surface area contributed by atoms with Crippen LogP contribution in [0.1, 0.15) is 43.5 Å². The smallest absolute Gasteiger partial charge is 0.253 e. The van der Waals surface area contributed by atoms with Crippen molar-refractivity contribution >= 4 is 17.3 Å². The second-order valence-electron chi connectivity index (χ2n) is 5.82. The lowest BCUT2D eigenvalue weighted by Gasteiger charge is -2.17. The lowest BCUT2D eigenvalue weighted by atomic mass is 10.1. The highest BCUT2D eigenvalue weighted by atomic mass is 16.1. The van der Waals surface area contributed by atoms with Gasteiger partial charge < -0.3 is 16.0 Å². The molecule has 0 bridgehead atoms. The highest BCUT2D eigenvalue weighted by molar-refractivity contribution is 6.00. The topological polar surface area (TPSA) is 58.4 Å². The Morgan fingerprint density at radius 1 is 1.30 bits per heavy atom. The van der Waals surface area contributed by atoms with Crippen LogP contribution >= 0.6 is 0 Å². The molecule has 0 saturated carbocycles. The highest BCUT2D eigenvalue weighted by Gasteiger charge is 2.12. The molecule has 1 aromatic carbocycles. The highest BCUT2D eigenvalue weighted by Crippen LogP contribution is 2.21. The number of carbonyl (C=O) groups is 1. The Kier molecular flexibility index (Phi) is 6.36. The number of hydrogen-bond acceptors (Lipinski definition) is 3. The molecule has 0 saturated heterocycles. The molecule has 20 heavy (non-hydrogen) atoms. The summed E-state index contributed by atoms with van der Waals surface area (Å²) >= 11 is 0. The molecule has 112 valence electrons. The van der Waals surface area contributed by atoms with E-state index in [0.29, 0.717) is 17.8 Å². The first kappa shape index (κ1) is 16.3. The third-order valence-corrected chi connectivity index (χ3v) is 3.24. The summed E-state index contributed by atoms with van der Waals surface area (Å²) in [7, 11) is 3.84. The number of nitrogens with zero attached hydrogens (tertiary/aromatic N) is 1. The van der Waals surface area contributed by atoms with E-state index in [9.17, 15) is 4.79 Å². The van der Waals surface area contributed by atoms with Gasteiger partial charge in [-0.25, -0.2) is 0 Å². The van der Waals surface area contributed by atoms with Gasteiger partial charge in [-0.05, 0) is 30.5 Å². The van der Waals surface area contributed by atoms with Crippen LogP contribution in [0.4, 0.5) is 11.4 Å². The number of unbranched alkanes of at least 4 members (excludes halogenated alkanes) is 1. The Morgan fingerprint density at radius 2 is 2.00 bits per heavy atom. The van der Waals surface area contributed by atoms with Crippen LogP contribution in [0.15, 0.2) is 18.2 Å². The molecule has 0 aliphatic carbocycles. The van der Waals surface area contributed by atoms with Crippen molar-refractivity contribution in [2.75, 3.05) is 31.3 Å². The summed E-state index contributed by atoms with van der Waals surface area (Å²) in [5, 5.41) is 2.97. The summed E-state index contributed by atoms with van der Waals surface area (Å²) in [6.45, 7) is 5.15. The fraction of sp³-hybridized carbons (Fsp3) is 0.562. The van der Waals surface area contributed by atoms with Crippen LogP contribution in [0.2, 0.25) is 0 Å². The van der Waals surface area contributed by atoms with Crippen molar-refractivity contribution in [1.29, 1.82) is 0 Å². The Balaban J connectivity index is 2.56. The molecule has 0 radical (unpaired) electrons. The van der Waals surface area contributed by atoms with Gasteiger partial charge in [-0.1, -0.05) is 26.7 Å². The maximum atomic E-state index is 12.2. The summed E-state index contributed by atoms with van der Waals surface area (Å²) in [6, 6.07) is 5.43. The molecule has 4 nitrogen and oxygen atoms in total. The SMILES string of the molecule is CC(C)CCCCNC(=O)c1cc(N)ccc1N(C)C. The van der Waals surface area contributed by atoms with Gasteiger partial charge in [0.15, 0.2) is 0 Å². The van der Waals surface area contributed by atoms with Gasteiger partial charge in [0.2, 0.25) is 0 Å². The van der Waals surface area contributed by atoms with E-state index >= 15 is 0 Å². The van der Waals surface area contributed by atoms with E-state index in [1.807, 2.05) is 31.1 Å². The minimum Gasteiger partial charge on any atom is -0.399 e. The van der Waals surface area contributed by atoms with Gasteiger partial charge in [0.25, 0.3) is 5.91 Å². The van der Waals surface area contributed by atoms with Crippen molar-refractivity contribution in [3.05, 3.63) is 23.8 Å². The molecular formula is C16H27N3O. The lowest BCUT2D eigenvalue weighted by molar-refractivity contribution is 0.0953. The van der Waals surface area contributed by atoms with E-state index in [2.05, 4.69) is 19.2 Å². The quantitative estimate of drug-likeness (QED) is 0.595. The number of nitrogens with two attached hydrogens (primary N) is 1.